The molecule has 0 atom stereocenters. The van der Waals surface area contributed by atoms with Gasteiger partial charge in [-0.05, 0) is 13.8 Å². The lowest BCUT2D eigenvalue weighted by Crippen LogP contribution is -2.37. The lowest BCUT2D eigenvalue weighted by molar-refractivity contribution is -0.135. The standard InChI is InChI=1S/C11H16N4O4/c1-5-19-10(17)7(2)12-13-8-6-9(16)15(4)11(18)14(8)3/h6,13H,5H2,1-4H3/b12-7+. The highest BCUT2D eigenvalue weighted by atomic mass is 16.5. The number of carbonyl (C=O) groups excluding carboxylic acids is 1. The average molecular weight is 268 g/mol. The zero-order valence-corrected chi connectivity index (χ0v) is 11.3. The van der Waals surface area contributed by atoms with Crippen molar-refractivity contribution < 1.29 is 9.53 Å². The van der Waals surface area contributed by atoms with Crippen molar-refractivity contribution in [3.05, 3.63) is 26.9 Å². The Balaban J connectivity index is 3.02. The topological polar surface area (TPSA) is 94.7 Å². The van der Waals surface area contributed by atoms with Crippen molar-refractivity contribution in [1.82, 2.24) is 9.13 Å². The van der Waals surface area contributed by atoms with Crippen LogP contribution in [0.2, 0.25) is 0 Å². The maximum absolute atomic E-state index is 11.6. The molecule has 0 aliphatic heterocycles. The average Bonchev–Trinajstić information content (AvgIpc) is 2.38. The van der Waals surface area contributed by atoms with Gasteiger partial charge >= 0.3 is 11.7 Å². The van der Waals surface area contributed by atoms with Gasteiger partial charge in [-0.15, -0.1) is 0 Å². The number of hydrogen-bond donors (Lipinski definition) is 1. The molecular formula is C11H16N4O4. The van der Waals surface area contributed by atoms with Crippen LogP contribution in [0.4, 0.5) is 5.82 Å². The number of anilines is 1. The first kappa shape index (κ1) is 14.7. The Labute approximate surface area is 109 Å². The van der Waals surface area contributed by atoms with Gasteiger partial charge in [-0.1, -0.05) is 0 Å². The van der Waals surface area contributed by atoms with Crippen molar-refractivity contribution in [3.63, 3.8) is 0 Å². The van der Waals surface area contributed by atoms with Gasteiger partial charge < -0.3 is 4.74 Å². The molecule has 0 amide bonds. The Morgan fingerprint density at radius 3 is 2.58 bits per heavy atom. The molecule has 19 heavy (non-hydrogen) atoms. The summed E-state index contributed by atoms with van der Waals surface area (Å²) in [7, 11) is 2.86. The zero-order valence-electron chi connectivity index (χ0n) is 11.3. The minimum absolute atomic E-state index is 0.0926. The summed E-state index contributed by atoms with van der Waals surface area (Å²) in [5, 5.41) is 3.77. The van der Waals surface area contributed by atoms with Crippen LogP contribution in [0, 0.1) is 0 Å². The van der Waals surface area contributed by atoms with Crippen molar-refractivity contribution >= 4 is 17.5 Å². The third-order valence-corrected chi connectivity index (χ3v) is 2.43. The second kappa shape index (κ2) is 5.98. The molecule has 0 fully saturated rings. The van der Waals surface area contributed by atoms with E-state index in [2.05, 4.69) is 10.5 Å². The molecule has 0 unspecified atom stereocenters. The molecule has 1 aromatic rings. The van der Waals surface area contributed by atoms with Crippen LogP contribution >= 0.6 is 0 Å². The van der Waals surface area contributed by atoms with Crippen molar-refractivity contribution in [2.75, 3.05) is 12.0 Å². The molecule has 0 aliphatic rings. The van der Waals surface area contributed by atoms with Crippen LogP contribution < -0.4 is 16.7 Å². The summed E-state index contributed by atoms with van der Waals surface area (Å²) < 4.78 is 6.92. The third kappa shape index (κ3) is 3.30. The molecule has 0 saturated heterocycles. The van der Waals surface area contributed by atoms with E-state index < -0.39 is 17.2 Å². The summed E-state index contributed by atoms with van der Waals surface area (Å²) in [5.41, 5.74) is 1.64. The molecule has 1 heterocycles. The van der Waals surface area contributed by atoms with Gasteiger partial charge in [0, 0.05) is 20.2 Å². The van der Waals surface area contributed by atoms with E-state index in [-0.39, 0.29) is 18.1 Å². The molecule has 0 saturated carbocycles. The van der Waals surface area contributed by atoms with E-state index >= 15 is 0 Å². The van der Waals surface area contributed by atoms with Crippen molar-refractivity contribution in [3.8, 4) is 0 Å². The number of aromatic nitrogens is 2. The van der Waals surface area contributed by atoms with E-state index in [1.54, 1.807) is 6.92 Å². The van der Waals surface area contributed by atoms with Gasteiger partial charge in [0.05, 0.1) is 6.61 Å². The van der Waals surface area contributed by atoms with Gasteiger partial charge in [-0.2, -0.15) is 5.10 Å². The molecule has 0 aromatic carbocycles. The highest BCUT2D eigenvalue weighted by Crippen LogP contribution is 1.98. The minimum atomic E-state index is -0.566. The Morgan fingerprint density at radius 2 is 2.00 bits per heavy atom. The highest BCUT2D eigenvalue weighted by Gasteiger charge is 2.08. The maximum Gasteiger partial charge on any atom is 0.354 e. The second-order valence-corrected chi connectivity index (χ2v) is 3.80. The number of nitrogens with zero attached hydrogens (tertiary/aromatic N) is 3. The number of nitrogens with one attached hydrogen (secondary N) is 1. The fourth-order valence-electron chi connectivity index (χ4n) is 1.26. The summed E-state index contributed by atoms with van der Waals surface area (Å²) in [6.45, 7) is 3.39. The van der Waals surface area contributed by atoms with Gasteiger partial charge in [-0.25, -0.2) is 9.59 Å². The summed E-state index contributed by atoms with van der Waals surface area (Å²) in [6.07, 6.45) is 0. The van der Waals surface area contributed by atoms with Crippen LogP contribution in [-0.2, 0) is 23.6 Å². The maximum atomic E-state index is 11.6. The normalized spacial score (nSPS) is 11.3. The molecule has 0 radical (unpaired) electrons. The van der Waals surface area contributed by atoms with Gasteiger partial charge in [-0.3, -0.25) is 19.4 Å². The molecule has 8 heteroatoms. The van der Waals surface area contributed by atoms with Crippen molar-refractivity contribution in [2.45, 2.75) is 13.8 Å². The monoisotopic (exact) mass is 268 g/mol. The van der Waals surface area contributed by atoms with Gasteiger partial charge in [0.1, 0.15) is 11.5 Å². The highest BCUT2D eigenvalue weighted by molar-refractivity contribution is 6.35. The van der Waals surface area contributed by atoms with E-state index in [1.807, 2.05) is 0 Å². The largest absolute Gasteiger partial charge is 0.461 e. The molecule has 1 aromatic heterocycles. The Bertz CT molecular complexity index is 627. The summed E-state index contributed by atoms with van der Waals surface area (Å²) in [4.78, 5) is 34.4. The molecule has 0 spiro atoms. The predicted molar refractivity (Wildman–Crippen MR) is 70.3 cm³/mol. The SMILES string of the molecule is CCOC(=O)/C(C)=N/Nc1cc(=O)n(C)c(=O)n1C. The number of hydrogen-bond acceptors (Lipinski definition) is 6. The van der Waals surface area contributed by atoms with Crippen molar-refractivity contribution in [2.24, 2.45) is 19.2 Å². The Morgan fingerprint density at radius 1 is 1.37 bits per heavy atom. The first-order valence-corrected chi connectivity index (χ1v) is 5.63. The van der Waals surface area contributed by atoms with Gasteiger partial charge in [0.25, 0.3) is 5.56 Å². The van der Waals surface area contributed by atoms with Gasteiger partial charge in [0.15, 0.2) is 0 Å². The first-order chi connectivity index (χ1) is 8.88. The summed E-state index contributed by atoms with van der Waals surface area (Å²) in [5.74, 6) is -0.374. The van der Waals surface area contributed by atoms with E-state index in [9.17, 15) is 14.4 Å². The third-order valence-electron chi connectivity index (χ3n) is 2.43. The van der Waals surface area contributed by atoms with Crippen LogP contribution in [0.1, 0.15) is 13.8 Å². The molecular weight excluding hydrogens is 252 g/mol. The Kier molecular flexibility index (Phi) is 4.62. The Hall–Kier alpha value is -2.38. The fourth-order valence-corrected chi connectivity index (χ4v) is 1.26. The van der Waals surface area contributed by atoms with E-state index in [1.165, 1.54) is 31.7 Å². The lowest BCUT2D eigenvalue weighted by atomic mass is 10.4. The lowest BCUT2D eigenvalue weighted by Gasteiger charge is -2.08. The number of carbonyl (C=O) groups is 1. The summed E-state index contributed by atoms with van der Waals surface area (Å²) >= 11 is 0. The smallest absolute Gasteiger partial charge is 0.354 e. The molecule has 104 valence electrons. The molecule has 1 rings (SSSR count). The van der Waals surface area contributed by atoms with E-state index in [0.29, 0.717) is 0 Å². The fraction of sp³-hybridized carbons (Fsp3) is 0.455. The minimum Gasteiger partial charge on any atom is -0.461 e. The van der Waals surface area contributed by atoms with Crippen LogP contribution in [0.5, 0.6) is 0 Å². The van der Waals surface area contributed by atoms with E-state index in [0.717, 1.165) is 4.57 Å². The molecule has 8 nitrogen and oxygen atoms in total. The van der Waals surface area contributed by atoms with Crippen LogP contribution in [0.15, 0.2) is 20.8 Å². The van der Waals surface area contributed by atoms with Gasteiger partial charge in [0.2, 0.25) is 0 Å². The van der Waals surface area contributed by atoms with E-state index in [4.69, 9.17) is 4.74 Å². The van der Waals surface area contributed by atoms with Crippen LogP contribution in [-0.4, -0.2) is 27.4 Å². The predicted octanol–water partition coefficient (Wildman–Crippen LogP) is -0.565. The first-order valence-electron chi connectivity index (χ1n) is 5.63. The number of hydrazone groups is 1. The quantitative estimate of drug-likeness (QED) is 0.448. The number of esters is 1. The second-order valence-electron chi connectivity index (χ2n) is 3.80. The molecule has 1 N–H and O–H groups in total. The van der Waals surface area contributed by atoms with Crippen molar-refractivity contribution in [1.29, 1.82) is 0 Å². The van der Waals surface area contributed by atoms with Crippen LogP contribution in [0.25, 0.3) is 0 Å². The summed E-state index contributed by atoms with van der Waals surface area (Å²) in [6, 6.07) is 1.21. The molecule has 0 bridgehead atoms. The van der Waals surface area contributed by atoms with Crippen LogP contribution in [0.3, 0.4) is 0 Å². The zero-order chi connectivity index (χ0) is 14.6. The molecule has 0 aliphatic carbocycles. The number of ether oxygens (including phenoxy) is 1. The number of rotatable bonds is 4.